The SMILES string of the molecule is CC(C)(C)OC(=O)N1C(=O)C(=O)C1c1ccccc1. The van der Waals surface area contributed by atoms with Crippen LogP contribution < -0.4 is 0 Å². The van der Waals surface area contributed by atoms with E-state index in [4.69, 9.17) is 4.74 Å². The Balaban J connectivity index is 2.22. The maximum atomic E-state index is 11.9. The van der Waals surface area contributed by atoms with Crippen LogP contribution in [0.15, 0.2) is 30.3 Å². The third-order valence-electron chi connectivity index (χ3n) is 2.64. The molecule has 1 heterocycles. The number of ether oxygens (including phenoxy) is 1. The van der Waals surface area contributed by atoms with E-state index in [2.05, 4.69) is 0 Å². The van der Waals surface area contributed by atoms with Gasteiger partial charge in [-0.05, 0) is 26.3 Å². The summed E-state index contributed by atoms with van der Waals surface area (Å²) >= 11 is 0. The Hall–Kier alpha value is -2.17. The van der Waals surface area contributed by atoms with Gasteiger partial charge in [-0.15, -0.1) is 0 Å². The number of carbonyl (C=O) groups excluding carboxylic acids is 3. The first kappa shape index (κ1) is 13.3. The molecule has 1 unspecified atom stereocenters. The number of imide groups is 1. The molecule has 0 radical (unpaired) electrons. The Kier molecular flexibility index (Phi) is 3.14. The van der Waals surface area contributed by atoms with Gasteiger partial charge in [0.2, 0.25) is 5.78 Å². The van der Waals surface area contributed by atoms with Gasteiger partial charge in [-0.1, -0.05) is 30.3 Å². The summed E-state index contributed by atoms with van der Waals surface area (Å²) in [7, 11) is 0. The van der Waals surface area contributed by atoms with Crippen LogP contribution >= 0.6 is 0 Å². The van der Waals surface area contributed by atoms with E-state index in [0.717, 1.165) is 4.90 Å². The fourth-order valence-corrected chi connectivity index (χ4v) is 1.84. The molecule has 0 saturated carbocycles. The zero-order valence-corrected chi connectivity index (χ0v) is 11.0. The second-order valence-corrected chi connectivity index (χ2v) is 5.33. The highest BCUT2D eigenvalue weighted by atomic mass is 16.6. The van der Waals surface area contributed by atoms with Crippen LogP contribution in [0.1, 0.15) is 32.4 Å². The maximum Gasteiger partial charge on any atom is 0.418 e. The van der Waals surface area contributed by atoms with Gasteiger partial charge >= 0.3 is 12.0 Å². The number of likely N-dealkylation sites (tertiary alicyclic amines) is 1. The van der Waals surface area contributed by atoms with Gasteiger partial charge in [0.05, 0.1) is 0 Å². The maximum absolute atomic E-state index is 11.9. The fraction of sp³-hybridized carbons (Fsp3) is 0.357. The fourth-order valence-electron chi connectivity index (χ4n) is 1.84. The van der Waals surface area contributed by atoms with E-state index >= 15 is 0 Å². The molecule has 100 valence electrons. The summed E-state index contributed by atoms with van der Waals surface area (Å²) in [5, 5.41) is 0. The molecule has 1 aromatic rings. The van der Waals surface area contributed by atoms with Crippen molar-refractivity contribution in [2.24, 2.45) is 0 Å². The van der Waals surface area contributed by atoms with Crippen molar-refractivity contribution in [3.8, 4) is 0 Å². The van der Waals surface area contributed by atoms with Crippen molar-refractivity contribution in [3.05, 3.63) is 35.9 Å². The quantitative estimate of drug-likeness (QED) is 0.573. The van der Waals surface area contributed by atoms with Crippen LogP contribution in [0.5, 0.6) is 0 Å². The van der Waals surface area contributed by atoms with Gasteiger partial charge in [-0.3, -0.25) is 9.59 Å². The second-order valence-electron chi connectivity index (χ2n) is 5.33. The molecule has 0 aromatic heterocycles. The highest BCUT2D eigenvalue weighted by Gasteiger charge is 2.52. The van der Waals surface area contributed by atoms with Crippen molar-refractivity contribution in [1.82, 2.24) is 4.90 Å². The van der Waals surface area contributed by atoms with Crippen LogP contribution in [0.3, 0.4) is 0 Å². The third-order valence-corrected chi connectivity index (χ3v) is 2.64. The predicted octanol–water partition coefficient (Wildman–Crippen LogP) is 2.07. The molecule has 1 saturated heterocycles. The monoisotopic (exact) mass is 261 g/mol. The number of nitrogens with zero attached hydrogens (tertiary/aromatic N) is 1. The molecule has 1 fully saturated rings. The van der Waals surface area contributed by atoms with E-state index < -0.39 is 29.4 Å². The van der Waals surface area contributed by atoms with Crippen LogP contribution in [0.4, 0.5) is 4.79 Å². The van der Waals surface area contributed by atoms with Crippen LogP contribution in [-0.2, 0) is 14.3 Å². The zero-order chi connectivity index (χ0) is 14.2. The topological polar surface area (TPSA) is 63.7 Å². The lowest BCUT2D eigenvalue weighted by Gasteiger charge is -2.37. The van der Waals surface area contributed by atoms with Crippen molar-refractivity contribution in [2.45, 2.75) is 32.4 Å². The van der Waals surface area contributed by atoms with Crippen LogP contribution in [0, 0.1) is 0 Å². The highest BCUT2D eigenvalue weighted by Crippen LogP contribution is 2.32. The first-order valence-corrected chi connectivity index (χ1v) is 5.96. The van der Waals surface area contributed by atoms with E-state index in [1.54, 1.807) is 51.1 Å². The molecule has 5 nitrogen and oxygen atoms in total. The normalized spacial score (nSPS) is 19.1. The first-order valence-electron chi connectivity index (χ1n) is 5.96. The molecule has 1 atom stereocenters. The lowest BCUT2D eigenvalue weighted by Crippen LogP contribution is -2.59. The number of ketones is 1. The summed E-state index contributed by atoms with van der Waals surface area (Å²) in [4.78, 5) is 36.0. The molecule has 0 N–H and O–H groups in total. The van der Waals surface area contributed by atoms with Crippen LogP contribution in [0.25, 0.3) is 0 Å². The van der Waals surface area contributed by atoms with Crippen molar-refractivity contribution < 1.29 is 19.1 Å². The molecule has 0 bridgehead atoms. The standard InChI is InChI=1S/C14H15NO4/c1-14(2,3)19-13(18)15-10(11(16)12(15)17)9-7-5-4-6-8-9/h4-8,10H,1-3H3. The minimum atomic E-state index is -0.858. The molecule has 2 rings (SSSR count). The van der Waals surface area contributed by atoms with E-state index in [0.29, 0.717) is 5.56 Å². The summed E-state index contributed by atoms with van der Waals surface area (Å²) in [6.45, 7) is 5.11. The van der Waals surface area contributed by atoms with Gasteiger partial charge < -0.3 is 4.74 Å². The molecule has 5 heteroatoms. The first-order chi connectivity index (χ1) is 8.81. The minimum Gasteiger partial charge on any atom is -0.443 e. The van der Waals surface area contributed by atoms with Crippen molar-refractivity contribution in [3.63, 3.8) is 0 Å². The van der Waals surface area contributed by atoms with Crippen molar-refractivity contribution >= 4 is 17.8 Å². The van der Waals surface area contributed by atoms with E-state index in [-0.39, 0.29) is 0 Å². The Morgan fingerprint density at radius 2 is 1.74 bits per heavy atom. The number of Topliss-reactive ketones (excluding diaryl/α,β-unsaturated/α-hetero) is 1. The van der Waals surface area contributed by atoms with Gasteiger partial charge in [0, 0.05) is 0 Å². The lowest BCUT2D eigenvalue weighted by atomic mass is 9.93. The number of carbonyl (C=O) groups is 3. The van der Waals surface area contributed by atoms with Crippen molar-refractivity contribution in [2.75, 3.05) is 0 Å². The molecule has 2 amide bonds. The van der Waals surface area contributed by atoms with Crippen molar-refractivity contribution in [1.29, 1.82) is 0 Å². The summed E-state index contributed by atoms with van der Waals surface area (Å²) < 4.78 is 5.13. The zero-order valence-electron chi connectivity index (χ0n) is 11.0. The Labute approximate surface area is 111 Å². The van der Waals surface area contributed by atoms with E-state index in [1.807, 2.05) is 0 Å². The molecular formula is C14H15NO4. The van der Waals surface area contributed by atoms with Gasteiger partial charge in [0.15, 0.2) is 0 Å². The van der Waals surface area contributed by atoms with Crippen LogP contribution in [0.2, 0.25) is 0 Å². The number of β-lactam (4-membered cyclic amide) rings is 1. The highest BCUT2D eigenvalue weighted by molar-refractivity contribution is 6.47. The van der Waals surface area contributed by atoms with Gasteiger partial charge in [0.25, 0.3) is 0 Å². The number of amides is 2. The summed E-state index contributed by atoms with van der Waals surface area (Å²) in [5.41, 5.74) is -0.102. The predicted molar refractivity (Wildman–Crippen MR) is 67.3 cm³/mol. The summed E-state index contributed by atoms with van der Waals surface area (Å²) in [6.07, 6.45) is -0.786. The summed E-state index contributed by atoms with van der Waals surface area (Å²) in [6, 6.07) is 7.84. The second kappa shape index (κ2) is 4.50. The Morgan fingerprint density at radius 3 is 2.26 bits per heavy atom. The molecule has 1 aliphatic heterocycles. The smallest absolute Gasteiger partial charge is 0.418 e. The molecule has 0 aliphatic carbocycles. The lowest BCUT2D eigenvalue weighted by molar-refractivity contribution is -0.159. The minimum absolute atomic E-state index is 0.586. The largest absolute Gasteiger partial charge is 0.443 e. The molecule has 19 heavy (non-hydrogen) atoms. The average molecular weight is 261 g/mol. The van der Waals surface area contributed by atoms with E-state index in [9.17, 15) is 14.4 Å². The van der Waals surface area contributed by atoms with Gasteiger partial charge in [-0.25, -0.2) is 9.69 Å². The Morgan fingerprint density at radius 1 is 1.16 bits per heavy atom. The molecule has 1 aromatic carbocycles. The molecule has 0 spiro atoms. The van der Waals surface area contributed by atoms with Gasteiger partial charge in [0.1, 0.15) is 11.6 Å². The number of rotatable bonds is 1. The Bertz CT molecular complexity index is 530. The number of hydrogen-bond donors (Lipinski definition) is 0. The summed E-state index contributed by atoms with van der Waals surface area (Å²) in [5.74, 6) is -1.40. The van der Waals surface area contributed by atoms with Crippen LogP contribution in [-0.4, -0.2) is 28.3 Å². The molecule has 1 aliphatic rings. The van der Waals surface area contributed by atoms with Gasteiger partial charge in [-0.2, -0.15) is 0 Å². The number of hydrogen-bond acceptors (Lipinski definition) is 4. The third kappa shape index (κ3) is 2.50. The number of benzene rings is 1. The average Bonchev–Trinajstić information content (AvgIpc) is 2.33. The van der Waals surface area contributed by atoms with E-state index in [1.165, 1.54) is 0 Å². The molecular weight excluding hydrogens is 246 g/mol.